The Labute approximate surface area is 717 Å². The van der Waals surface area contributed by atoms with Crippen molar-refractivity contribution in [2.75, 3.05) is 50.8 Å². The highest BCUT2D eigenvalue weighted by Crippen LogP contribution is 2.22. The molecule has 0 radical (unpaired) electrons. The molecule has 4 aromatic rings. The molecule has 0 spiro atoms. The number of aliphatic hydroxyl groups is 1. The smallest absolute Gasteiger partial charge is 0.322 e. The fourth-order valence-corrected chi connectivity index (χ4v) is 12.9. The van der Waals surface area contributed by atoms with Crippen molar-refractivity contribution in [1.82, 2.24) is 89.3 Å². The Morgan fingerprint density at radius 1 is 0.512 bits per heavy atom. The number of nitrogens with zero attached hydrogens (tertiary/aromatic N) is 3. The summed E-state index contributed by atoms with van der Waals surface area (Å²) < 4.78 is 0. The number of aliphatic carboxylic acids is 1. The molecule has 670 valence electrons. The standard InChI is InChI=1S/C77H109N23O21S2/c1-40(2)26-49(69(114)96-54(29-44-18-20-46(102)21-19-44)76(121)100-25-11-17-57(100)74(119)98-55(37-122)72(117)95-53(31-59(80)104)67(112)88-36-63(108)109)90-61(106)34-85-60(105)33-86-66(111)50(27-42-12-6-4-7-13-42)93-71(116)52(30-45-32-83-39-89-45)91-62(107)35-87-75(120)64(41(3)101)99-73(118)56(38-123)97-70(115)51(28-43-14-8-5-9-15-43)94-68(113)48(16-10-24-84-77(81)82)92-65(110)47(78)22-23-58(79)103/h4-9,12-15,18-21,32,39-41,47-57,64,101-102,122-123H,10-11,16-17,22-31,33-38,78H2,1-3H3,(H2,79,103)(H2,80,104)(H,83,89)(H,85,105)(H,86,111)(H,87,120)(H,88,112)(H,90,106)(H,91,107)(H,92,110)(H,93,116)(H,94,113)(H,95,117)(H,96,114)(H,97,115)(H,98,119)(H,99,118)(H,108,109)(H4,81,82,84)/t41-,47+,48+,49+,50+,51+,52+,53+,54+,55+,56+,57+,64+/m1/s1. The molecule has 28 N–H and O–H groups in total. The number of primary amides is 2. The number of aromatic nitrogens is 2. The maximum absolute atomic E-state index is 14.7. The van der Waals surface area contributed by atoms with E-state index in [0.29, 0.717) is 22.4 Å². The topological polar surface area (TPSA) is 711 Å². The van der Waals surface area contributed by atoms with Crippen molar-refractivity contribution in [2.24, 2.45) is 39.6 Å². The number of guanidine groups is 1. The van der Waals surface area contributed by atoms with Crippen LogP contribution < -0.4 is 103 Å². The Morgan fingerprint density at radius 3 is 1.54 bits per heavy atom. The van der Waals surface area contributed by atoms with Gasteiger partial charge in [0.2, 0.25) is 100 Å². The van der Waals surface area contributed by atoms with Gasteiger partial charge in [-0.05, 0) is 80.2 Å². The number of rotatable bonds is 52. The minimum atomic E-state index is -1.82. The summed E-state index contributed by atoms with van der Waals surface area (Å²) in [5, 5.41) is 64.1. The first-order valence-electron chi connectivity index (χ1n) is 39.1. The summed E-state index contributed by atoms with van der Waals surface area (Å²) in [4.78, 5) is 254. The van der Waals surface area contributed by atoms with Crippen LogP contribution in [0.4, 0.5) is 0 Å². The van der Waals surface area contributed by atoms with Gasteiger partial charge in [0.05, 0.1) is 44.5 Å². The van der Waals surface area contributed by atoms with Crippen molar-refractivity contribution in [3.8, 4) is 5.75 Å². The highest BCUT2D eigenvalue weighted by Gasteiger charge is 2.41. The van der Waals surface area contributed by atoms with Crippen molar-refractivity contribution < 1.29 is 102 Å². The highest BCUT2D eigenvalue weighted by molar-refractivity contribution is 7.80. The van der Waals surface area contributed by atoms with Gasteiger partial charge in [-0.25, -0.2) is 4.98 Å². The van der Waals surface area contributed by atoms with E-state index in [1.165, 1.54) is 41.7 Å². The van der Waals surface area contributed by atoms with Gasteiger partial charge in [-0.3, -0.25) is 91.3 Å². The number of carbonyl (C=O) groups is 18. The number of likely N-dealkylation sites (tertiary alicyclic amines) is 1. The number of hydrogen-bond donors (Lipinski definition) is 25. The minimum Gasteiger partial charge on any atom is -0.508 e. The number of thiol groups is 2. The molecule has 1 aromatic heterocycles. The fourth-order valence-electron chi connectivity index (χ4n) is 12.4. The molecule has 0 unspecified atom stereocenters. The second-order valence-electron chi connectivity index (χ2n) is 29.2. The molecule has 0 aliphatic carbocycles. The van der Waals surface area contributed by atoms with Gasteiger partial charge >= 0.3 is 5.97 Å². The molecule has 0 bridgehead atoms. The molecule has 3 aromatic carbocycles. The van der Waals surface area contributed by atoms with E-state index in [1.807, 2.05) is 5.32 Å². The van der Waals surface area contributed by atoms with E-state index in [1.54, 1.807) is 74.5 Å². The van der Waals surface area contributed by atoms with Gasteiger partial charge in [0, 0.05) is 68.6 Å². The van der Waals surface area contributed by atoms with Crippen LogP contribution in [0.2, 0.25) is 0 Å². The lowest BCUT2D eigenvalue weighted by molar-refractivity contribution is -0.142. The zero-order chi connectivity index (χ0) is 91.0. The van der Waals surface area contributed by atoms with Crippen LogP contribution in [0.5, 0.6) is 5.75 Å². The van der Waals surface area contributed by atoms with Crippen molar-refractivity contribution in [1.29, 1.82) is 0 Å². The summed E-state index contributed by atoms with van der Waals surface area (Å²) in [6, 6.07) is 4.63. The molecule has 13 atom stereocenters. The second-order valence-corrected chi connectivity index (χ2v) is 29.9. The zero-order valence-corrected chi connectivity index (χ0v) is 69.6. The number of phenols is 1. The number of aliphatic imine (C=N–C) groups is 1. The molecule has 123 heavy (non-hydrogen) atoms. The number of imidazole rings is 1. The molecule has 1 saturated heterocycles. The first kappa shape index (κ1) is 101. The van der Waals surface area contributed by atoms with Gasteiger partial charge in [0.25, 0.3) is 0 Å². The molecule has 46 heteroatoms. The van der Waals surface area contributed by atoms with Crippen molar-refractivity contribution in [3.63, 3.8) is 0 Å². The molecule has 2 heterocycles. The van der Waals surface area contributed by atoms with E-state index in [4.69, 9.17) is 33.8 Å². The summed E-state index contributed by atoms with van der Waals surface area (Å²) in [5.74, 6) is -18.7. The predicted octanol–water partition coefficient (Wildman–Crippen LogP) is -8.42. The summed E-state index contributed by atoms with van der Waals surface area (Å²) in [7, 11) is 0. The lowest BCUT2D eigenvalue weighted by Crippen LogP contribution is -2.61. The highest BCUT2D eigenvalue weighted by atomic mass is 32.1. The van der Waals surface area contributed by atoms with E-state index >= 15 is 0 Å². The Hall–Kier alpha value is -13.0. The lowest BCUT2D eigenvalue weighted by atomic mass is 10.0. The van der Waals surface area contributed by atoms with Crippen LogP contribution in [0.25, 0.3) is 0 Å². The average Bonchev–Trinajstić information content (AvgIpc) is 1.75. The van der Waals surface area contributed by atoms with Gasteiger partial charge in [-0.2, -0.15) is 25.3 Å². The predicted molar refractivity (Wildman–Crippen MR) is 447 cm³/mol. The number of nitrogens with one attached hydrogen (secondary N) is 15. The van der Waals surface area contributed by atoms with Crippen LogP contribution in [0.1, 0.15) is 94.5 Å². The molecule has 0 saturated carbocycles. The normalized spacial score (nSPS) is 15.1. The van der Waals surface area contributed by atoms with Crippen molar-refractivity contribution >= 4 is 138 Å². The van der Waals surface area contributed by atoms with Crippen molar-refractivity contribution in [2.45, 2.75) is 176 Å². The molecule has 1 aliphatic heterocycles. The number of aliphatic hydroxyl groups excluding tert-OH is 1. The average molecular weight is 1760 g/mol. The number of amides is 17. The molecule has 1 aliphatic rings. The number of carboxylic acids is 1. The summed E-state index contributed by atoms with van der Waals surface area (Å²) >= 11 is 8.43. The molecular formula is C77H109N23O21S2. The maximum Gasteiger partial charge on any atom is 0.322 e. The third-order valence-electron chi connectivity index (χ3n) is 18.7. The SMILES string of the molecule is CC(C)C[C@H](NC(=O)CNC(=O)CNC(=O)[C@H](Cc1ccccc1)NC(=O)[C@H](Cc1cnc[nH]1)NC(=O)CNC(=O)[C@@H](NC(=O)[C@H](CS)NC(=O)[C@H](Cc1ccccc1)NC(=O)[C@H](CCCN=C(N)N)NC(=O)[C@@H](N)CCC(N)=O)[C@@H](C)O)C(=O)N[C@@H](Cc1ccc(O)cc1)C(=O)N1CCC[C@H]1C(=O)N[C@@H](CS)C(=O)N[C@@H](CC(N)=O)C(=O)NCC(=O)O. The number of carbonyl (C=O) groups excluding carboxylic acids is 17. The first-order chi connectivity index (χ1) is 58.3. The van der Waals surface area contributed by atoms with E-state index in [0.717, 1.165) is 6.92 Å². The van der Waals surface area contributed by atoms with Crippen molar-refractivity contribution in [3.05, 3.63) is 120 Å². The Bertz CT molecular complexity index is 4340. The minimum absolute atomic E-state index is 0.0142. The largest absolute Gasteiger partial charge is 0.508 e. The van der Waals surface area contributed by atoms with E-state index in [9.17, 15) is 96.5 Å². The Kier molecular flexibility index (Phi) is 42.2. The number of phenolic OH excluding ortho intramolecular Hbond substituents is 1. The third kappa shape index (κ3) is 36.1. The van der Waals surface area contributed by atoms with Crippen LogP contribution in [-0.2, 0) is 112 Å². The van der Waals surface area contributed by atoms with Crippen LogP contribution in [0, 0.1) is 5.92 Å². The van der Waals surface area contributed by atoms with Gasteiger partial charge in [0.1, 0.15) is 78.8 Å². The van der Waals surface area contributed by atoms with Gasteiger partial charge in [-0.1, -0.05) is 86.6 Å². The van der Waals surface area contributed by atoms with Crippen LogP contribution in [0.15, 0.2) is 102 Å². The molecule has 44 nitrogen and oxygen atoms in total. The molecule has 1 fully saturated rings. The molecular weight excluding hydrogens is 1650 g/mol. The number of aromatic amines is 1. The summed E-state index contributed by atoms with van der Waals surface area (Å²) in [5.41, 5.74) is 29.2. The van der Waals surface area contributed by atoms with Crippen LogP contribution in [-0.4, -0.2) is 272 Å². The number of aromatic hydroxyl groups is 1. The van der Waals surface area contributed by atoms with Crippen LogP contribution >= 0.6 is 25.3 Å². The zero-order valence-electron chi connectivity index (χ0n) is 67.8. The Balaban J connectivity index is 1.23. The second kappa shape index (κ2) is 51.6. The number of hydrogen-bond acceptors (Lipinski definition) is 25. The Morgan fingerprint density at radius 2 is 0.984 bits per heavy atom. The van der Waals surface area contributed by atoms with Gasteiger partial charge < -0.3 is 128 Å². The number of nitrogens with two attached hydrogens (primary N) is 5. The monoisotopic (exact) mass is 1760 g/mol. The number of H-pyrrole nitrogens is 1. The lowest BCUT2D eigenvalue weighted by Gasteiger charge is -2.31. The molecule has 17 amide bonds. The van der Waals surface area contributed by atoms with E-state index in [2.05, 4.69) is 109 Å². The number of carboxylic acid groups (broad SMARTS) is 1. The summed E-state index contributed by atoms with van der Waals surface area (Å²) in [6.07, 6.45) is -0.654. The first-order valence-corrected chi connectivity index (χ1v) is 40.4. The maximum atomic E-state index is 14.7. The summed E-state index contributed by atoms with van der Waals surface area (Å²) in [6.45, 7) is 1.32. The third-order valence-corrected chi connectivity index (χ3v) is 19.4. The molecule has 5 rings (SSSR count). The van der Waals surface area contributed by atoms with E-state index in [-0.39, 0.29) is 107 Å². The quantitative estimate of drug-likeness (QED) is 0.00845. The van der Waals surface area contributed by atoms with E-state index < -0.39 is 223 Å². The fraction of sp³-hybridized carbons (Fsp3) is 0.481. The van der Waals surface area contributed by atoms with Crippen LogP contribution in [0.3, 0.4) is 0 Å². The van der Waals surface area contributed by atoms with Gasteiger partial charge in [-0.15, -0.1) is 0 Å². The number of benzene rings is 3. The van der Waals surface area contributed by atoms with Gasteiger partial charge in [0.15, 0.2) is 5.96 Å².